The van der Waals surface area contributed by atoms with Crippen LogP contribution in [0.4, 0.5) is 0 Å². The topological polar surface area (TPSA) is 41.7 Å². The fourth-order valence-electron chi connectivity index (χ4n) is 2.85. The second kappa shape index (κ2) is 5.45. The Morgan fingerprint density at radius 2 is 1.88 bits per heavy atom. The normalized spacial score (nSPS) is 34.5. The summed E-state index contributed by atoms with van der Waals surface area (Å²) < 4.78 is 5.55. The molecule has 0 aromatic carbocycles. The average Bonchev–Trinajstić information content (AvgIpc) is 2.30. The maximum Gasteiger partial charge on any atom is 0.0636 e. The number of piperidine rings is 1. The molecule has 16 heavy (non-hydrogen) atoms. The van der Waals surface area contributed by atoms with Gasteiger partial charge in [-0.15, -0.1) is 0 Å². The lowest BCUT2D eigenvalue weighted by Crippen LogP contribution is -2.56. The molecule has 2 N–H and O–H groups in total. The van der Waals surface area contributed by atoms with Gasteiger partial charge in [-0.2, -0.15) is 0 Å². The summed E-state index contributed by atoms with van der Waals surface area (Å²) in [7, 11) is 4.35. The van der Waals surface area contributed by atoms with Crippen LogP contribution in [0.5, 0.6) is 0 Å². The van der Waals surface area contributed by atoms with Crippen LogP contribution in [0.25, 0.3) is 0 Å². The first-order chi connectivity index (χ1) is 7.68. The molecular formula is C12H25N3O. The summed E-state index contributed by atoms with van der Waals surface area (Å²) in [5.41, 5.74) is 6.17. The van der Waals surface area contributed by atoms with E-state index in [1.165, 1.54) is 25.9 Å². The minimum atomic E-state index is 0.310. The molecule has 2 aliphatic rings. The Labute approximate surface area is 98.7 Å². The van der Waals surface area contributed by atoms with Crippen molar-refractivity contribution in [3.63, 3.8) is 0 Å². The highest BCUT2D eigenvalue weighted by Crippen LogP contribution is 2.20. The van der Waals surface area contributed by atoms with Crippen molar-refractivity contribution in [1.29, 1.82) is 0 Å². The second-order valence-electron chi connectivity index (χ2n) is 5.33. The van der Waals surface area contributed by atoms with E-state index in [-0.39, 0.29) is 0 Å². The van der Waals surface area contributed by atoms with Crippen LogP contribution in [0, 0.1) is 0 Å². The van der Waals surface area contributed by atoms with Crippen molar-refractivity contribution in [1.82, 2.24) is 9.80 Å². The Morgan fingerprint density at radius 1 is 1.19 bits per heavy atom. The van der Waals surface area contributed by atoms with Crippen molar-refractivity contribution in [3.8, 4) is 0 Å². The Morgan fingerprint density at radius 3 is 2.44 bits per heavy atom. The Hall–Kier alpha value is -0.160. The molecule has 2 fully saturated rings. The Kier molecular flexibility index (Phi) is 4.19. The smallest absolute Gasteiger partial charge is 0.0636 e. The lowest BCUT2D eigenvalue weighted by Gasteiger charge is -2.43. The van der Waals surface area contributed by atoms with E-state index >= 15 is 0 Å². The number of nitrogens with two attached hydrogens (primary N) is 1. The lowest BCUT2D eigenvalue weighted by atomic mass is 9.97. The fraction of sp³-hybridized carbons (Fsp3) is 1.00. The van der Waals surface area contributed by atoms with Gasteiger partial charge in [0.1, 0.15) is 0 Å². The predicted molar refractivity (Wildman–Crippen MR) is 65.5 cm³/mol. The SMILES string of the molecule is CN(C)C1CCN(C2COCCC2N)CC1. The van der Waals surface area contributed by atoms with Gasteiger partial charge in [0, 0.05) is 37.8 Å². The molecule has 0 aromatic heterocycles. The highest BCUT2D eigenvalue weighted by molar-refractivity contribution is 4.88. The molecule has 0 amide bonds. The molecule has 2 unspecified atom stereocenters. The van der Waals surface area contributed by atoms with Crippen LogP contribution in [-0.4, -0.2) is 68.3 Å². The van der Waals surface area contributed by atoms with Crippen LogP contribution in [0.1, 0.15) is 19.3 Å². The van der Waals surface area contributed by atoms with Gasteiger partial charge in [-0.3, -0.25) is 4.90 Å². The highest BCUT2D eigenvalue weighted by Gasteiger charge is 2.31. The molecule has 0 aromatic rings. The summed E-state index contributed by atoms with van der Waals surface area (Å²) in [5.74, 6) is 0. The van der Waals surface area contributed by atoms with Crippen LogP contribution in [0.3, 0.4) is 0 Å². The number of rotatable bonds is 2. The highest BCUT2D eigenvalue weighted by atomic mass is 16.5. The summed E-state index contributed by atoms with van der Waals surface area (Å²) in [6.07, 6.45) is 3.53. The third-order valence-corrected chi connectivity index (χ3v) is 4.08. The average molecular weight is 227 g/mol. The van der Waals surface area contributed by atoms with E-state index < -0.39 is 0 Å². The lowest BCUT2D eigenvalue weighted by molar-refractivity contribution is -0.00874. The summed E-state index contributed by atoms with van der Waals surface area (Å²) in [6.45, 7) is 4.01. The molecule has 0 aliphatic carbocycles. The number of likely N-dealkylation sites (tertiary alicyclic amines) is 1. The minimum absolute atomic E-state index is 0.310. The monoisotopic (exact) mass is 227 g/mol. The second-order valence-corrected chi connectivity index (χ2v) is 5.33. The summed E-state index contributed by atoms with van der Waals surface area (Å²) in [4.78, 5) is 4.87. The molecule has 94 valence electrons. The fourth-order valence-corrected chi connectivity index (χ4v) is 2.85. The Bertz CT molecular complexity index is 214. The van der Waals surface area contributed by atoms with Crippen molar-refractivity contribution in [3.05, 3.63) is 0 Å². The molecule has 2 atom stereocenters. The molecule has 2 rings (SSSR count). The van der Waals surface area contributed by atoms with E-state index in [2.05, 4.69) is 23.9 Å². The predicted octanol–water partition coefficient (Wildman–Crippen LogP) is 0.129. The van der Waals surface area contributed by atoms with Gasteiger partial charge < -0.3 is 15.4 Å². The quantitative estimate of drug-likeness (QED) is 0.728. The molecule has 2 saturated heterocycles. The zero-order valence-corrected chi connectivity index (χ0v) is 10.6. The van der Waals surface area contributed by atoms with E-state index in [1.54, 1.807) is 0 Å². The van der Waals surface area contributed by atoms with Crippen LogP contribution in [0.2, 0.25) is 0 Å². The van der Waals surface area contributed by atoms with Crippen molar-refractivity contribution < 1.29 is 4.74 Å². The van der Waals surface area contributed by atoms with Crippen molar-refractivity contribution >= 4 is 0 Å². The Balaban J connectivity index is 1.83. The molecule has 0 saturated carbocycles. The molecule has 4 nitrogen and oxygen atoms in total. The van der Waals surface area contributed by atoms with Crippen molar-refractivity contribution in [2.45, 2.75) is 37.4 Å². The molecule has 0 bridgehead atoms. The van der Waals surface area contributed by atoms with E-state index in [9.17, 15) is 0 Å². The summed E-state index contributed by atoms with van der Waals surface area (Å²) >= 11 is 0. The third-order valence-electron chi connectivity index (χ3n) is 4.08. The third kappa shape index (κ3) is 2.74. The first-order valence-corrected chi connectivity index (χ1v) is 6.42. The van der Waals surface area contributed by atoms with Gasteiger partial charge in [-0.25, -0.2) is 0 Å². The summed E-state index contributed by atoms with van der Waals surface area (Å²) in [6, 6.07) is 1.51. The van der Waals surface area contributed by atoms with Gasteiger partial charge in [-0.05, 0) is 33.4 Å². The van der Waals surface area contributed by atoms with Gasteiger partial charge in [0.15, 0.2) is 0 Å². The van der Waals surface area contributed by atoms with Crippen molar-refractivity contribution in [2.75, 3.05) is 40.4 Å². The van der Waals surface area contributed by atoms with Crippen LogP contribution in [-0.2, 0) is 4.74 Å². The molecule has 2 aliphatic heterocycles. The number of ether oxygens (including phenoxy) is 1. The van der Waals surface area contributed by atoms with Crippen LogP contribution >= 0.6 is 0 Å². The molecule has 0 radical (unpaired) electrons. The zero-order chi connectivity index (χ0) is 11.5. The minimum Gasteiger partial charge on any atom is -0.380 e. The maximum atomic E-state index is 6.17. The number of hydrogen-bond acceptors (Lipinski definition) is 4. The zero-order valence-electron chi connectivity index (χ0n) is 10.6. The van der Waals surface area contributed by atoms with E-state index in [4.69, 9.17) is 10.5 Å². The van der Waals surface area contributed by atoms with E-state index in [0.29, 0.717) is 12.1 Å². The molecular weight excluding hydrogens is 202 g/mol. The number of hydrogen-bond donors (Lipinski definition) is 1. The number of nitrogens with zero attached hydrogens (tertiary/aromatic N) is 2. The van der Waals surface area contributed by atoms with Crippen LogP contribution < -0.4 is 5.73 Å². The van der Waals surface area contributed by atoms with Crippen LogP contribution in [0.15, 0.2) is 0 Å². The first-order valence-electron chi connectivity index (χ1n) is 6.42. The van der Waals surface area contributed by atoms with Gasteiger partial charge >= 0.3 is 0 Å². The molecule has 4 heteroatoms. The van der Waals surface area contributed by atoms with Gasteiger partial charge in [0.05, 0.1) is 6.61 Å². The van der Waals surface area contributed by atoms with Gasteiger partial charge in [-0.1, -0.05) is 0 Å². The van der Waals surface area contributed by atoms with Gasteiger partial charge in [0.25, 0.3) is 0 Å². The van der Waals surface area contributed by atoms with Gasteiger partial charge in [0.2, 0.25) is 0 Å². The van der Waals surface area contributed by atoms with E-state index in [0.717, 1.165) is 25.7 Å². The maximum absolute atomic E-state index is 6.17. The van der Waals surface area contributed by atoms with E-state index in [1.807, 2.05) is 0 Å². The molecule has 2 heterocycles. The first kappa shape index (κ1) is 12.3. The molecule has 0 spiro atoms. The van der Waals surface area contributed by atoms with Crippen molar-refractivity contribution in [2.24, 2.45) is 5.73 Å². The standard InChI is InChI=1S/C12H25N3O/c1-14(2)10-3-6-15(7-4-10)12-9-16-8-5-11(12)13/h10-12H,3-9,13H2,1-2H3. The summed E-state index contributed by atoms with van der Waals surface area (Å²) in [5, 5.41) is 0. The largest absolute Gasteiger partial charge is 0.380 e.